The zero-order valence-electron chi connectivity index (χ0n) is 6.85. The van der Waals surface area contributed by atoms with Gasteiger partial charge in [0.2, 0.25) is 0 Å². The van der Waals surface area contributed by atoms with Gasteiger partial charge in [-0.05, 0) is 41.6 Å². The van der Waals surface area contributed by atoms with Gasteiger partial charge in [0.05, 0.1) is 0 Å². The Bertz CT molecular complexity index is 320. The molecule has 0 bridgehead atoms. The van der Waals surface area contributed by atoms with Crippen LogP contribution < -0.4 is 0 Å². The molecule has 0 fully saturated rings. The predicted octanol–water partition coefficient (Wildman–Crippen LogP) is 3.46. The molecule has 1 rings (SSSR count). The first-order valence-corrected chi connectivity index (χ1v) is 5.62. The van der Waals surface area contributed by atoms with Crippen molar-refractivity contribution in [2.75, 3.05) is 0 Å². The van der Waals surface area contributed by atoms with E-state index in [9.17, 15) is 9.18 Å². The molecule has 1 unspecified atom stereocenters. The number of halogens is 3. The molecule has 0 aliphatic carbocycles. The van der Waals surface area contributed by atoms with E-state index in [1.54, 1.807) is 12.1 Å². The molecule has 0 N–H and O–H groups in total. The lowest BCUT2D eigenvalue weighted by Gasteiger charge is -2.09. The maximum Gasteiger partial charge on any atom is 0.147 e. The monoisotopic (exact) mass is 356 g/mol. The Hall–Kier alpha value is 0.0300. The topological polar surface area (TPSA) is 17.1 Å². The third-order valence-electron chi connectivity index (χ3n) is 1.61. The number of carbonyl (C=O) groups excluding carboxylic acids is 1. The van der Waals surface area contributed by atoms with E-state index in [0.717, 1.165) is 3.57 Å². The summed E-state index contributed by atoms with van der Waals surface area (Å²) < 4.78 is 14.0. The van der Waals surface area contributed by atoms with Gasteiger partial charge in [-0.25, -0.2) is 4.39 Å². The first kappa shape index (κ1) is 11.1. The molecule has 1 atom stereocenters. The Labute approximate surface area is 98.0 Å². The van der Waals surface area contributed by atoms with Crippen LogP contribution in [0.1, 0.15) is 17.3 Å². The van der Waals surface area contributed by atoms with Gasteiger partial charge in [-0.15, -0.1) is 0 Å². The molecule has 0 aliphatic rings. The molecule has 0 aromatic heterocycles. The number of hydrogen-bond donors (Lipinski definition) is 0. The van der Waals surface area contributed by atoms with Crippen molar-refractivity contribution < 1.29 is 9.18 Å². The molecule has 1 aromatic carbocycles. The zero-order chi connectivity index (χ0) is 10.0. The summed E-state index contributed by atoms with van der Waals surface area (Å²) in [6, 6.07) is 4.76. The largest absolute Gasteiger partial charge is 0.298 e. The average Bonchev–Trinajstić information content (AvgIpc) is 2.03. The highest BCUT2D eigenvalue weighted by Crippen LogP contribution is 2.30. The van der Waals surface area contributed by atoms with Crippen LogP contribution in [-0.2, 0) is 4.79 Å². The van der Waals surface area contributed by atoms with Crippen LogP contribution in [0.15, 0.2) is 18.2 Å². The van der Waals surface area contributed by atoms with Gasteiger partial charge in [0.25, 0.3) is 0 Å². The van der Waals surface area contributed by atoms with Crippen LogP contribution in [0.25, 0.3) is 0 Å². The second-order valence-electron chi connectivity index (χ2n) is 2.61. The molecular weight excluding hydrogens is 350 g/mol. The number of Topliss-reactive ketones (excluding diaryl/α,β-unsaturated/α-hetero) is 1. The summed E-state index contributed by atoms with van der Waals surface area (Å²) in [6.45, 7) is 1.43. The van der Waals surface area contributed by atoms with Gasteiger partial charge in [0.1, 0.15) is 16.4 Å². The van der Waals surface area contributed by atoms with Crippen LogP contribution in [0.2, 0.25) is 0 Å². The molecule has 1 aromatic rings. The van der Waals surface area contributed by atoms with Crippen LogP contribution in [0.4, 0.5) is 4.39 Å². The van der Waals surface area contributed by atoms with E-state index >= 15 is 0 Å². The van der Waals surface area contributed by atoms with E-state index in [2.05, 4.69) is 15.9 Å². The number of carbonyl (C=O) groups is 1. The van der Waals surface area contributed by atoms with E-state index in [1.807, 2.05) is 22.6 Å². The van der Waals surface area contributed by atoms with Gasteiger partial charge in [0.15, 0.2) is 0 Å². The summed E-state index contributed by atoms with van der Waals surface area (Å²) in [7, 11) is 0. The van der Waals surface area contributed by atoms with Crippen LogP contribution in [0.3, 0.4) is 0 Å². The van der Waals surface area contributed by atoms with Gasteiger partial charge in [-0.1, -0.05) is 22.0 Å². The molecular formula is C9H7BrFIO. The van der Waals surface area contributed by atoms with Crippen LogP contribution >= 0.6 is 38.5 Å². The highest BCUT2D eigenvalue weighted by Gasteiger charge is 2.19. The van der Waals surface area contributed by atoms with E-state index < -0.39 is 4.83 Å². The fraction of sp³-hybridized carbons (Fsp3) is 0.222. The summed E-state index contributed by atoms with van der Waals surface area (Å²) in [4.78, 5) is 10.5. The Morgan fingerprint density at radius 2 is 2.23 bits per heavy atom. The van der Waals surface area contributed by atoms with Crippen molar-refractivity contribution in [2.45, 2.75) is 11.8 Å². The summed E-state index contributed by atoms with van der Waals surface area (Å²) in [5, 5.41) is 0. The molecule has 70 valence electrons. The SMILES string of the molecule is CC(=O)C(Br)c1c(F)cccc1I. The maximum absolute atomic E-state index is 13.3. The summed E-state index contributed by atoms with van der Waals surface area (Å²) in [5.41, 5.74) is 0.426. The first-order chi connectivity index (χ1) is 6.04. The minimum atomic E-state index is -0.541. The quantitative estimate of drug-likeness (QED) is 0.586. The molecule has 1 nitrogen and oxygen atoms in total. The average molecular weight is 357 g/mol. The number of alkyl halides is 1. The fourth-order valence-electron chi connectivity index (χ4n) is 0.956. The summed E-state index contributed by atoms with van der Waals surface area (Å²) in [6.07, 6.45) is 0. The van der Waals surface area contributed by atoms with Crippen molar-refractivity contribution in [3.8, 4) is 0 Å². The van der Waals surface area contributed by atoms with Crippen molar-refractivity contribution in [3.05, 3.63) is 33.1 Å². The van der Waals surface area contributed by atoms with Crippen molar-refractivity contribution >= 4 is 44.3 Å². The van der Waals surface area contributed by atoms with Crippen LogP contribution in [-0.4, -0.2) is 5.78 Å². The van der Waals surface area contributed by atoms with Gasteiger partial charge in [-0.3, -0.25) is 4.79 Å². The first-order valence-electron chi connectivity index (χ1n) is 3.62. The summed E-state index contributed by atoms with van der Waals surface area (Å²) in [5.74, 6) is -0.438. The lowest BCUT2D eigenvalue weighted by Crippen LogP contribution is -2.05. The molecule has 0 heterocycles. The second kappa shape index (κ2) is 4.50. The minimum Gasteiger partial charge on any atom is -0.298 e. The van der Waals surface area contributed by atoms with Crippen LogP contribution in [0.5, 0.6) is 0 Å². The lowest BCUT2D eigenvalue weighted by molar-refractivity contribution is -0.116. The normalized spacial score (nSPS) is 12.6. The van der Waals surface area contributed by atoms with Crippen molar-refractivity contribution in [1.29, 1.82) is 0 Å². The number of rotatable bonds is 2. The third kappa shape index (κ3) is 2.49. The molecule has 0 saturated carbocycles. The van der Waals surface area contributed by atoms with Gasteiger partial charge in [-0.2, -0.15) is 0 Å². The number of ketones is 1. The fourth-order valence-corrected chi connectivity index (χ4v) is 2.63. The zero-order valence-corrected chi connectivity index (χ0v) is 10.6. The molecule has 0 spiro atoms. The second-order valence-corrected chi connectivity index (χ2v) is 4.69. The van der Waals surface area contributed by atoms with E-state index in [4.69, 9.17) is 0 Å². The minimum absolute atomic E-state index is 0.0944. The number of benzene rings is 1. The molecule has 4 heteroatoms. The standard InChI is InChI=1S/C9H7BrFIO/c1-5(13)9(10)8-6(11)3-2-4-7(8)12/h2-4,9H,1H3. The van der Waals surface area contributed by atoms with E-state index in [1.165, 1.54) is 13.0 Å². The van der Waals surface area contributed by atoms with Crippen molar-refractivity contribution in [3.63, 3.8) is 0 Å². The highest BCUT2D eigenvalue weighted by atomic mass is 127. The maximum atomic E-state index is 13.3. The van der Waals surface area contributed by atoms with E-state index in [-0.39, 0.29) is 11.6 Å². The van der Waals surface area contributed by atoms with Gasteiger partial charge < -0.3 is 0 Å². The van der Waals surface area contributed by atoms with Gasteiger partial charge >= 0.3 is 0 Å². The Morgan fingerprint density at radius 3 is 2.69 bits per heavy atom. The number of hydrogen-bond acceptors (Lipinski definition) is 1. The van der Waals surface area contributed by atoms with Gasteiger partial charge in [0, 0.05) is 9.13 Å². The molecule has 0 aliphatic heterocycles. The van der Waals surface area contributed by atoms with E-state index in [0.29, 0.717) is 5.56 Å². The lowest BCUT2D eigenvalue weighted by atomic mass is 10.1. The van der Waals surface area contributed by atoms with Crippen molar-refractivity contribution in [1.82, 2.24) is 0 Å². The Kier molecular flexibility index (Phi) is 3.85. The molecule has 0 radical (unpaired) electrons. The smallest absolute Gasteiger partial charge is 0.147 e. The molecule has 13 heavy (non-hydrogen) atoms. The third-order valence-corrected chi connectivity index (χ3v) is 3.65. The Morgan fingerprint density at radius 1 is 1.62 bits per heavy atom. The Balaban J connectivity index is 3.20. The van der Waals surface area contributed by atoms with Crippen LogP contribution in [0, 0.1) is 9.39 Å². The molecule has 0 saturated heterocycles. The van der Waals surface area contributed by atoms with Crippen molar-refractivity contribution in [2.24, 2.45) is 0 Å². The predicted molar refractivity (Wildman–Crippen MR) is 61.5 cm³/mol. The highest BCUT2D eigenvalue weighted by molar-refractivity contribution is 14.1. The summed E-state index contributed by atoms with van der Waals surface area (Å²) >= 11 is 5.17. The molecule has 0 amide bonds.